The molecule has 1 heterocycles. The van der Waals surface area contributed by atoms with Gasteiger partial charge in [0.2, 0.25) is 0 Å². The quantitative estimate of drug-likeness (QED) is 0.807. The van der Waals surface area contributed by atoms with Crippen LogP contribution in [0.5, 0.6) is 0 Å². The van der Waals surface area contributed by atoms with E-state index < -0.39 is 15.7 Å². The Kier molecular flexibility index (Phi) is 4.57. The molecule has 1 aliphatic heterocycles. The lowest BCUT2D eigenvalue weighted by molar-refractivity contribution is 0.272. The minimum atomic E-state index is -3.37. The van der Waals surface area contributed by atoms with Crippen LogP contribution in [0.3, 0.4) is 0 Å². The maximum Gasteiger partial charge on any atom is 0.280 e. The van der Waals surface area contributed by atoms with E-state index in [-0.39, 0.29) is 0 Å². The van der Waals surface area contributed by atoms with E-state index in [0.29, 0.717) is 24.9 Å². The molecule has 0 spiro atoms. The van der Waals surface area contributed by atoms with Gasteiger partial charge in [-0.3, -0.25) is 0 Å². The molecule has 1 aliphatic carbocycles. The Morgan fingerprint density at radius 2 is 2.00 bits per heavy atom. The number of halogens is 1. The third-order valence-electron chi connectivity index (χ3n) is 4.12. The van der Waals surface area contributed by atoms with Crippen LogP contribution in [0.1, 0.15) is 45.4 Å². The lowest BCUT2D eigenvalue weighted by Crippen LogP contribution is -2.54. The molecule has 1 unspecified atom stereocenters. The lowest BCUT2D eigenvalue weighted by Gasteiger charge is -2.35. The minimum absolute atomic E-state index is 0.371. The molecule has 18 heavy (non-hydrogen) atoms. The van der Waals surface area contributed by atoms with Crippen LogP contribution in [0.15, 0.2) is 0 Å². The smallest absolute Gasteiger partial charge is 0.195 e. The first kappa shape index (κ1) is 14.6. The second-order valence-electron chi connectivity index (χ2n) is 5.83. The lowest BCUT2D eigenvalue weighted by atomic mass is 10.0. The van der Waals surface area contributed by atoms with Crippen LogP contribution < -0.4 is 4.72 Å². The van der Waals surface area contributed by atoms with E-state index in [4.69, 9.17) is 11.6 Å². The molecule has 2 aliphatic rings. The fraction of sp³-hybridized carbons (Fsp3) is 1.00. The van der Waals surface area contributed by atoms with Crippen molar-refractivity contribution in [1.82, 2.24) is 9.03 Å². The van der Waals surface area contributed by atoms with Gasteiger partial charge in [-0.1, -0.05) is 19.8 Å². The molecule has 6 heteroatoms. The summed E-state index contributed by atoms with van der Waals surface area (Å²) in [5.74, 6) is 0.821. The predicted molar refractivity (Wildman–Crippen MR) is 73.9 cm³/mol. The van der Waals surface area contributed by atoms with Gasteiger partial charge in [0, 0.05) is 24.5 Å². The van der Waals surface area contributed by atoms with Crippen LogP contribution in [-0.4, -0.2) is 37.2 Å². The van der Waals surface area contributed by atoms with Crippen LogP contribution in [0.25, 0.3) is 0 Å². The fourth-order valence-electron chi connectivity index (χ4n) is 3.02. The Bertz CT molecular complexity index is 380. The molecule has 1 saturated carbocycles. The van der Waals surface area contributed by atoms with Crippen molar-refractivity contribution in [2.24, 2.45) is 5.92 Å². The van der Waals surface area contributed by atoms with Gasteiger partial charge in [-0.25, -0.2) is 0 Å². The molecule has 4 nitrogen and oxygen atoms in total. The molecule has 0 radical (unpaired) electrons. The number of hydrogen-bond acceptors (Lipinski definition) is 2. The fourth-order valence-corrected chi connectivity index (χ4v) is 5.20. The van der Waals surface area contributed by atoms with Gasteiger partial charge in [0.05, 0.1) is 0 Å². The minimum Gasteiger partial charge on any atom is -0.195 e. The molecular weight excluding hydrogens is 272 g/mol. The van der Waals surface area contributed by atoms with Gasteiger partial charge in [-0.05, 0) is 31.6 Å². The van der Waals surface area contributed by atoms with E-state index in [1.165, 1.54) is 0 Å². The summed E-state index contributed by atoms with van der Waals surface area (Å²) < 4.78 is 29.3. The van der Waals surface area contributed by atoms with Gasteiger partial charge in [0.15, 0.2) is 0 Å². The normalized spacial score (nSPS) is 29.6. The number of hydrogen-bond donors (Lipinski definition) is 1. The summed E-state index contributed by atoms with van der Waals surface area (Å²) >= 11 is 5.99. The Labute approximate surface area is 115 Å². The molecule has 2 rings (SSSR count). The molecule has 2 fully saturated rings. The van der Waals surface area contributed by atoms with Crippen LogP contribution in [0, 0.1) is 5.92 Å². The summed E-state index contributed by atoms with van der Waals surface area (Å²) in [6.45, 7) is 3.38. The second kappa shape index (κ2) is 5.65. The Hall–Kier alpha value is 0.160. The first-order chi connectivity index (χ1) is 8.47. The molecule has 106 valence electrons. The highest BCUT2D eigenvalue weighted by molar-refractivity contribution is 7.87. The van der Waals surface area contributed by atoms with E-state index in [2.05, 4.69) is 11.6 Å². The maximum absolute atomic E-state index is 12.4. The molecule has 1 saturated heterocycles. The Morgan fingerprint density at radius 1 is 1.33 bits per heavy atom. The summed E-state index contributed by atoms with van der Waals surface area (Å²) in [4.78, 5) is 0. The summed E-state index contributed by atoms with van der Waals surface area (Å²) in [7, 11) is -3.37. The first-order valence-corrected chi connectivity index (χ1v) is 8.80. The van der Waals surface area contributed by atoms with Crippen molar-refractivity contribution in [1.29, 1.82) is 0 Å². The third-order valence-corrected chi connectivity index (χ3v) is 6.34. The molecule has 1 atom stereocenters. The van der Waals surface area contributed by atoms with Crippen LogP contribution in [0.2, 0.25) is 0 Å². The van der Waals surface area contributed by atoms with Gasteiger partial charge < -0.3 is 0 Å². The largest absolute Gasteiger partial charge is 0.280 e. The highest BCUT2D eigenvalue weighted by Crippen LogP contribution is 2.32. The van der Waals surface area contributed by atoms with Crippen LogP contribution in [0.4, 0.5) is 0 Å². The topological polar surface area (TPSA) is 49.4 Å². The average molecular weight is 295 g/mol. The van der Waals surface area contributed by atoms with Crippen molar-refractivity contribution in [2.75, 3.05) is 19.0 Å². The molecule has 1 N–H and O–H groups in total. The highest BCUT2D eigenvalue weighted by Gasteiger charge is 2.39. The molecule has 0 aromatic rings. The van der Waals surface area contributed by atoms with E-state index in [0.717, 1.165) is 38.5 Å². The van der Waals surface area contributed by atoms with E-state index in [1.807, 2.05) is 0 Å². The predicted octanol–water partition coefficient (Wildman–Crippen LogP) is 2.10. The third kappa shape index (κ3) is 3.18. The summed E-state index contributed by atoms with van der Waals surface area (Å²) in [5.41, 5.74) is -0.402. The van der Waals surface area contributed by atoms with Crippen LogP contribution >= 0.6 is 11.6 Å². The molecule has 0 amide bonds. The van der Waals surface area contributed by atoms with Gasteiger partial charge in [0.25, 0.3) is 10.2 Å². The maximum atomic E-state index is 12.4. The van der Waals surface area contributed by atoms with Crippen molar-refractivity contribution in [2.45, 2.75) is 51.0 Å². The number of piperidine rings is 1. The average Bonchev–Trinajstić information content (AvgIpc) is 2.77. The zero-order valence-corrected chi connectivity index (χ0v) is 12.6. The number of nitrogens with zero attached hydrogens (tertiary/aromatic N) is 1. The van der Waals surface area contributed by atoms with E-state index >= 15 is 0 Å². The van der Waals surface area contributed by atoms with Gasteiger partial charge in [0.1, 0.15) is 0 Å². The van der Waals surface area contributed by atoms with Crippen LogP contribution in [-0.2, 0) is 10.2 Å². The standard InChI is InChI=1S/C12H23ClN2O2S/c1-11-5-4-8-15(9-11)18(16,17)14-12(10-13)6-2-3-7-12/h11,14H,2-10H2,1H3. The number of nitrogens with one attached hydrogen (secondary N) is 1. The number of rotatable bonds is 4. The van der Waals surface area contributed by atoms with Gasteiger partial charge in [-0.2, -0.15) is 17.4 Å². The van der Waals surface area contributed by atoms with E-state index in [9.17, 15) is 8.42 Å². The zero-order valence-electron chi connectivity index (χ0n) is 11.0. The molecule has 0 aromatic heterocycles. The Morgan fingerprint density at radius 3 is 2.56 bits per heavy atom. The van der Waals surface area contributed by atoms with Crippen molar-refractivity contribution < 1.29 is 8.42 Å². The summed E-state index contributed by atoms with van der Waals surface area (Å²) in [6.07, 6.45) is 5.91. The van der Waals surface area contributed by atoms with Gasteiger partial charge >= 0.3 is 0 Å². The highest BCUT2D eigenvalue weighted by atomic mass is 35.5. The second-order valence-corrected chi connectivity index (χ2v) is 7.77. The monoisotopic (exact) mass is 294 g/mol. The molecule has 0 bridgehead atoms. The summed E-state index contributed by atoms with van der Waals surface area (Å²) in [6, 6.07) is 0. The number of alkyl halides is 1. The zero-order chi connectivity index (χ0) is 13.2. The molecule has 0 aromatic carbocycles. The van der Waals surface area contributed by atoms with Crippen molar-refractivity contribution >= 4 is 21.8 Å². The Balaban J connectivity index is 2.06. The van der Waals surface area contributed by atoms with E-state index in [1.54, 1.807) is 4.31 Å². The summed E-state index contributed by atoms with van der Waals surface area (Å²) in [5, 5.41) is 0. The molecular formula is C12H23ClN2O2S. The van der Waals surface area contributed by atoms with Crippen molar-refractivity contribution in [3.63, 3.8) is 0 Å². The SMILES string of the molecule is CC1CCCN(S(=O)(=O)NC2(CCl)CCCC2)C1. The van der Waals surface area contributed by atoms with Crippen molar-refractivity contribution in [3.8, 4) is 0 Å². The van der Waals surface area contributed by atoms with Gasteiger partial charge in [-0.15, -0.1) is 11.6 Å². The van der Waals surface area contributed by atoms with Crippen molar-refractivity contribution in [3.05, 3.63) is 0 Å². The first-order valence-electron chi connectivity index (χ1n) is 6.82.